The van der Waals surface area contributed by atoms with E-state index in [2.05, 4.69) is 60.2 Å². The van der Waals surface area contributed by atoms with E-state index in [1.165, 1.54) is 42.7 Å². The van der Waals surface area contributed by atoms with Gasteiger partial charge in [0.15, 0.2) is 18.9 Å². The Labute approximate surface area is 619 Å². The van der Waals surface area contributed by atoms with Crippen LogP contribution in [0.2, 0.25) is 0 Å². The summed E-state index contributed by atoms with van der Waals surface area (Å²) >= 11 is 0. The lowest BCUT2D eigenvalue weighted by atomic mass is 9.83. The lowest BCUT2D eigenvalue weighted by molar-refractivity contribution is -0.318. The number of aliphatic hydroxyl groups is 1. The van der Waals surface area contributed by atoms with Crippen molar-refractivity contribution in [2.75, 3.05) is 62.4 Å². The van der Waals surface area contributed by atoms with Crippen molar-refractivity contribution in [2.24, 2.45) is 30.7 Å². The smallest absolute Gasteiger partial charge is 0.187 e. The van der Waals surface area contributed by atoms with E-state index in [0.717, 1.165) is 0 Å². The Morgan fingerprint density at radius 3 is 0.898 bits per heavy atom. The maximum absolute atomic E-state index is 11.7. The van der Waals surface area contributed by atoms with Crippen molar-refractivity contribution in [3.63, 3.8) is 0 Å². The molecule has 3 saturated heterocycles. The predicted molar refractivity (Wildman–Crippen MR) is 381 cm³/mol. The van der Waals surface area contributed by atoms with Crippen molar-refractivity contribution >= 4 is 0 Å². The fourth-order valence-electron chi connectivity index (χ4n) is 13.0. The van der Waals surface area contributed by atoms with Crippen LogP contribution in [0.3, 0.4) is 0 Å². The fraction of sp³-hybridized carbons (Fsp3) is 0.493. The second-order valence-corrected chi connectivity index (χ2v) is 24.9. The van der Waals surface area contributed by atoms with Crippen LogP contribution in [-0.4, -0.2) is 184 Å². The van der Waals surface area contributed by atoms with Crippen LogP contribution in [0.4, 0.5) is 0 Å². The SMILES string of the molecule is COc1ccc(COC2C(O[C@H]3OC(CN=[N+]=[N-])[C@@H](OCc4ccc(OC)cc4)C(OCc4ccc(OC)cc4)C3N=[N+]=[N-])[C@@H](CO)O[C@H]2OC2C(OCc3ccc(OC)cc3)[C@H](N=[N+]=[N-])CC(N=[N+]=[N-])[C@H]2O[C@H]2OC(CN=[N+]=[N-])[C@@H](OCc3ccc(OC)cc3)C(OCc3ccc(OC)cc3)C2N=[N+]=[N-])cc1. The molecule has 1 aliphatic carbocycles. The molecule has 0 radical (unpaired) electrons. The molecule has 37 heteroatoms. The van der Waals surface area contributed by atoms with E-state index < -0.39 is 129 Å². The molecular weight excluding hydrogens is 1410 g/mol. The Hall–Kier alpha value is -10.5. The first-order valence-corrected chi connectivity index (χ1v) is 34.1. The number of rotatable bonds is 39. The molecular formula is C71H82N18O19. The molecule has 108 heavy (non-hydrogen) atoms. The van der Waals surface area contributed by atoms with Gasteiger partial charge in [-0.05, 0) is 146 Å². The number of aliphatic hydroxyl groups excluding tert-OH is 1. The van der Waals surface area contributed by atoms with Crippen molar-refractivity contribution in [1.82, 2.24) is 0 Å². The zero-order chi connectivity index (χ0) is 76.2. The summed E-state index contributed by atoms with van der Waals surface area (Å²) in [6, 6.07) is 36.5. The van der Waals surface area contributed by atoms with Gasteiger partial charge in [-0.25, -0.2) is 0 Å². The molecule has 570 valence electrons. The van der Waals surface area contributed by atoms with Crippen LogP contribution in [0.25, 0.3) is 62.7 Å². The average molecular weight is 1490 g/mol. The fourth-order valence-corrected chi connectivity index (χ4v) is 13.0. The van der Waals surface area contributed by atoms with E-state index in [1.54, 1.807) is 146 Å². The zero-order valence-corrected chi connectivity index (χ0v) is 59.7. The van der Waals surface area contributed by atoms with E-state index in [1.807, 2.05) is 0 Å². The third-order valence-corrected chi connectivity index (χ3v) is 18.5. The average Bonchev–Trinajstić information content (AvgIpc) is 1.17. The first-order valence-electron chi connectivity index (χ1n) is 34.1. The summed E-state index contributed by atoms with van der Waals surface area (Å²) < 4.78 is 115. The minimum atomic E-state index is -1.73. The molecule has 0 aromatic heterocycles. The van der Waals surface area contributed by atoms with E-state index in [-0.39, 0.29) is 52.6 Å². The minimum absolute atomic E-state index is 0.0442. The van der Waals surface area contributed by atoms with Crippen molar-refractivity contribution in [3.8, 4) is 34.5 Å². The standard InChI is InChI=1S/C71H82N18O19/c1-91-47-19-7-41(8-20-47)35-97-60-53(80-86-74)31-54(81-87-75)61(106-69-58(82-88-76)65(100-38-44-13-25-50(94-4)26-14-44)62(55(103-69)32-78-84-72)98-36-42-9-21-48(92-2)22-10-42)67(60)108-71-68(102-40-46-17-29-52(96-6)30-18-46)64(57(34-90)105-71)107-70-59(83-89-77)66(101-39-45-15-27-51(95-5)28-16-45)63(56(104-70)33-79-85-73)99-37-43-11-23-49(93-3)24-12-43/h7-30,53-71,90H,31-40H2,1-6H3/t53-,54?,55?,56?,57-,58?,59?,60?,61-,62-,63-,64?,65?,66?,67?,68?,69-,70-,71+/m1/s1. The molecule has 0 bridgehead atoms. The van der Waals surface area contributed by atoms with Crippen molar-refractivity contribution in [2.45, 2.75) is 162 Å². The number of ether oxygens (including phenoxy) is 18. The summed E-state index contributed by atoms with van der Waals surface area (Å²) in [5.74, 6) is 3.39. The third kappa shape index (κ3) is 21.0. The van der Waals surface area contributed by atoms with Crippen LogP contribution in [0.5, 0.6) is 34.5 Å². The van der Waals surface area contributed by atoms with Crippen LogP contribution >= 0.6 is 0 Å². The van der Waals surface area contributed by atoms with Gasteiger partial charge in [0.1, 0.15) is 95.4 Å². The summed E-state index contributed by atoms with van der Waals surface area (Å²) in [4.78, 5) is 19.1. The maximum atomic E-state index is 11.7. The minimum Gasteiger partial charge on any atom is -0.497 e. The van der Waals surface area contributed by atoms with Crippen molar-refractivity contribution < 1.29 is 90.4 Å². The quantitative estimate of drug-likeness (QED) is 0.0213. The number of benzene rings is 6. The Morgan fingerprint density at radius 1 is 0.315 bits per heavy atom. The molecule has 10 rings (SSSR count). The largest absolute Gasteiger partial charge is 0.497 e. The summed E-state index contributed by atoms with van der Waals surface area (Å²) in [6.07, 6.45) is -21.7. The highest BCUT2D eigenvalue weighted by Crippen LogP contribution is 2.42. The lowest BCUT2D eigenvalue weighted by Gasteiger charge is -2.49. The molecule has 3 heterocycles. The Kier molecular flexibility index (Phi) is 30.4. The van der Waals surface area contributed by atoms with Gasteiger partial charge in [0, 0.05) is 29.5 Å². The molecule has 6 aromatic carbocycles. The highest BCUT2D eigenvalue weighted by Gasteiger charge is 2.58. The third-order valence-electron chi connectivity index (χ3n) is 18.5. The monoisotopic (exact) mass is 1490 g/mol. The molecule has 37 nitrogen and oxygen atoms in total. The van der Waals surface area contributed by atoms with Crippen LogP contribution in [-0.2, 0) is 96.5 Å². The van der Waals surface area contributed by atoms with Gasteiger partial charge < -0.3 is 90.4 Å². The van der Waals surface area contributed by atoms with Gasteiger partial charge in [0.25, 0.3) is 0 Å². The van der Waals surface area contributed by atoms with E-state index in [9.17, 15) is 38.3 Å². The first kappa shape index (κ1) is 80.0. The molecule has 4 fully saturated rings. The predicted octanol–water partition coefficient (Wildman–Crippen LogP) is 12.6. The zero-order valence-electron chi connectivity index (χ0n) is 59.7. The summed E-state index contributed by atoms with van der Waals surface area (Å²) in [5.41, 5.74) is 65.8. The molecule has 11 unspecified atom stereocenters. The summed E-state index contributed by atoms with van der Waals surface area (Å²) in [5, 5.41) is 36.4. The molecule has 0 amide bonds. The molecule has 6 aromatic rings. The van der Waals surface area contributed by atoms with Crippen molar-refractivity contribution in [3.05, 3.63) is 242 Å². The van der Waals surface area contributed by atoms with Gasteiger partial charge in [0.2, 0.25) is 0 Å². The second-order valence-electron chi connectivity index (χ2n) is 24.9. The molecule has 1 N–H and O–H groups in total. The number of nitrogens with zero attached hydrogens (tertiary/aromatic N) is 18. The highest BCUT2D eigenvalue weighted by molar-refractivity contribution is 5.31. The van der Waals surface area contributed by atoms with Gasteiger partial charge in [-0.1, -0.05) is 103 Å². The topological polar surface area (TPSA) is 479 Å². The Balaban J connectivity index is 1.07. The van der Waals surface area contributed by atoms with E-state index in [4.69, 9.17) is 85.3 Å². The summed E-state index contributed by atoms with van der Waals surface area (Å²) in [6.45, 7) is -2.29. The number of hydrogen-bond donors (Lipinski definition) is 1. The molecule has 1 saturated carbocycles. The van der Waals surface area contributed by atoms with Crippen LogP contribution in [0, 0.1) is 0 Å². The normalized spacial score (nSPS) is 27.1. The maximum Gasteiger partial charge on any atom is 0.187 e. The highest BCUT2D eigenvalue weighted by atomic mass is 16.8. The van der Waals surface area contributed by atoms with E-state index in [0.29, 0.717) is 67.9 Å². The van der Waals surface area contributed by atoms with Crippen LogP contribution in [0.15, 0.2) is 176 Å². The Morgan fingerprint density at radius 2 is 0.593 bits per heavy atom. The van der Waals surface area contributed by atoms with Crippen LogP contribution < -0.4 is 28.4 Å². The first-order chi connectivity index (χ1) is 52.9. The second kappa shape index (κ2) is 41.0. The van der Waals surface area contributed by atoms with Crippen LogP contribution in [0.1, 0.15) is 39.8 Å². The molecule has 3 aliphatic heterocycles. The number of methoxy groups -OCH3 is 6. The van der Waals surface area contributed by atoms with Gasteiger partial charge in [0.05, 0.1) is 138 Å². The summed E-state index contributed by atoms with van der Waals surface area (Å²) in [7, 11) is 9.16. The molecule has 0 spiro atoms. The molecule has 19 atom stereocenters. The number of azide groups is 6. The lowest BCUT2D eigenvalue weighted by Crippen LogP contribution is -2.64. The van der Waals surface area contributed by atoms with Gasteiger partial charge in [-0.15, -0.1) is 0 Å². The molecule has 4 aliphatic rings. The van der Waals surface area contributed by atoms with Gasteiger partial charge in [-0.3, -0.25) is 0 Å². The van der Waals surface area contributed by atoms with Crippen molar-refractivity contribution in [1.29, 1.82) is 0 Å². The van der Waals surface area contributed by atoms with Gasteiger partial charge in [-0.2, -0.15) is 0 Å². The van der Waals surface area contributed by atoms with E-state index >= 15 is 0 Å². The van der Waals surface area contributed by atoms with Gasteiger partial charge >= 0.3 is 0 Å². The number of hydrogen-bond acceptors (Lipinski definition) is 25. The Bertz CT molecular complexity index is 4110.